The number of nitrogens with zero attached hydrogens (tertiary/aromatic N) is 4. The van der Waals surface area contributed by atoms with E-state index in [-0.39, 0.29) is 23.7 Å². The number of aromatic nitrogens is 2. The summed E-state index contributed by atoms with van der Waals surface area (Å²) in [6.45, 7) is 13.2. The minimum absolute atomic E-state index is 0.0486. The van der Waals surface area contributed by atoms with Gasteiger partial charge in [-0.3, -0.25) is 29.5 Å². The fraction of sp³-hybridized carbons (Fsp3) is 0.462. The highest BCUT2D eigenvalue weighted by Crippen LogP contribution is 2.38. The number of aliphatic imine (C=N–C) groups is 2. The standard InChI is InChI=1S/2C13H17N3OS/c2*1-9(2)13(3)11(17)16-12(18-13)15-8-10-5-4-6-14-7-10/h2*4-7,9H,8H2,1-3H3,(H,15,16,17)/t2*13-/m10/s1. The number of nitrogens with one attached hydrogen (secondary N) is 2. The second kappa shape index (κ2) is 12.0. The third kappa shape index (κ3) is 6.73. The first-order valence-electron chi connectivity index (χ1n) is 11.9. The van der Waals surface area contributed by atoms with Gasteiger partial charge in [0.05, 0.1) is 13.1 Å². The summed E-state index contributed by atoms with van der Waals surface area (Å²) in [5, 5.41) is 7.12. The number of rotatable bonds is 6. The molecule has 2 amide bonds. The first-order valence-corrected chi connectivity index (χ1v) is 13.6. The molecule has 0 bridgehead atoms. The van der Waals surface area contributed by atoms with Crippen LogP contribution < -0.4 is 10.6 Å². The van der Waals surface area contributed by atoms with E-state index >= 15 is 0 Å². The molecule has 0 spiro atoms. The largest absolute Gasteiger partial charge is 0.304 e. The second-order valence-corrected chi connectivity index (χ2v) is 12.5. The summed E-state index contributed by atoms with van der Waals surface area (Å²) in [6.07, 6.45) is 7.04. The van der Waals surface area contributed by atoms with Crippen LogP contribution in [0.2, 0.25) is 0 Å². The van der Waals surface area contributed by atoms with Crippen LogP contribution in [0.15, 0.2) is 59.0 Å². The van der Waals surface area contributed by atoms with Crippen molar-refractivity contribution in [3.8, 4) is 0 Å². The molecule has 0 aromatic carbocycles. The topological polar surface area (TPSA) is 109 Å². The minimum atomic E-state index is -0.409. The maximum atomic E-state index is 11.9. The van der Waals surface area contributed by atoms with E-state index in [1.54, 1.807) is 24.8 Å². The predicted octanol–water partition coefficient (Wildman–Crippen LogP) is 4.43. The van der Waals surface area contributed by atoms with E-state index in [0.717, 1.165) is 11.1 Å². The van der Waals surface area contributed by atoms with Crippen LogP contribution in [0.4, 0.5) is 0 Å². The van der Waals surface area contributed by atoms with E-state index in [2.05, 4.69) is 58.3 Å². The number of pyridine rings is 2. The Morgan fingerprint density at radius 3 is 1.44 bits per heavy atom. The monoisotopic (exact) mass is 526 g/mol. The van der Waals surface area contributed by atoms with E-state index in [1.807, 2.05) is 38.1 Å². The van der Waals surface area contributed by atoms with E-state index in [9.17, 15) is 9.59 Å². The lowest BCUT2D eigenvalue weighted by Crippen LogP contribution is -2.38. The first kappa shape index (κ1) is 27.9. The van der Waals surface area contributed by atoms with E-state index < -0.39 is 9.49 Å². The SMILES string of the molecule is CC(C)[C@@]1(C)SC(=NCc2cccnc2)NC1=O.CC(C)[C@]1(C)SC(=NCc2cccnc2)NC1=O. The van der Waals surface area contributed by atoms with Gasteiger partial charge in [0.2, 0.25) is 11.8 Å². The van der Waals surface area contributed by atoms with Crippen molar-refractivity contribution in [2.45, 2.75) is 64.1 Å². The maximum absolute atomic E-state index is 11.9. The molecule has 2 aliphatic heterocycles. The summed E-state index contributed by atoms with van der Waals surface area (Å²) in [5.41, 5.74) is 2.08. The molecule has 2 aromatic heterocycles. The molecule has 0 saturated carbocycles. The van der Waals surface area contributed by atoms with Gasteiger partial charge in [0, 0.05) is 24.8 Å². The van der Waals surface area contributed by atoms with Crippen LogP contribution in [0.5, 0.6) is 0 Å². The molecule has 0 unspecified atom stereocenters. The van der Waals surface area contributed by atoms with Crippen molar-refractivity contribution in [3.63, 3.8) is 0 Å². The third-order valence-corrected chi connectivity index (χ3v) is 9.43. The molecule has 2 aromatic rings. The summed E-state index contributed by atoms with van der Waals surface area (Å²) in [4.78, 5) is 40.8. The molecule has 2 fully saturated rings. The molecule has 2 N–H and O–H groups in total. The van der Waals surface area contributed by atoms with Gasteiger partial charge in [-0.05, 0) is 48.9 Å². The Morgan fingerprint density at radius 2 is 1.17 bits per heavy atom. The van der Waals surface area contributed by atoms with Gasteiger partial charge in [-0.25, -0.2) is 0 Å². The number of amidine groups is 2. The zero-order chi connectivity index (χ0) is 26.3. The molecule has 0 radical (unpaired) electrons. The number of hydrogen-bond acceptors (Lipinski definition) is 8. The molecule has 4 heterocycles. The van der Waals surface area contributed by atoms with Crippen molar-refractivity contribution in [1.29, 1.82) is 0 Å². The summed E-state index contributed by atoms with van der Waals surface area (Å²) in [7, 11) is 0. The molecular weight excluding hydrogens is 492 g/mol. The highest BCUT2D eigenvalue weighted by atomic mass is 32.2. The van der Waals surface area contributed by atoms with Gasteiger partial charge >= 0.3 is 0 Å². The van der Waals surface area contributed by atoms with Crippen LogP contribution in [-0.2, 0) is 22.7 Å². The lowest BCUT2D eigenvalue weighted by molar-refractivity contribution is -0.122. The van der Waals surface area contributed by atoms with Crippen molar-refractivity contribution < 1.29 is 9.59 Å². The smallest absolute Gasteiger partial charge is 0.242 e. The molecule has 0 aliphatic carbocycles. The lowest BCUT2D eigenvalue weighted by atomic mass is 9.96. The van der Waals surface area contributed by atoms with E-state index in [0.29, 0.717) is 23.4 Å². The van der Waals surface area contributed by atoms with Crippen molar-refractivity contribution in [1.82, 2.24) is 20.6 Å². The van der Waals surface area contributed by atoms with Gasteiger partial charge in [0.25, 0.3) is 0 Å². The van der Waals surface area contributed by atoms with Gasteiger partial charge in [-0.15, -0.1) is 0 Å². The minimum Gasteiger partial charge on any atom is -0.304 e. The number of hydrogen-bond donors (Lipinski definition) is 2. The van der Waals surface area contributed by atoms with Crippen molar-refractivity contribution >= 4 is 45.7 Å². The van der Waals surface area contributed by atoms with Crippen LogP contribution in [-0.4, -0.2) is 41.6 Å². The van der Waals surface area contributed by atoms with E-state index in [4.69, 9.17) is 0 Å². The first-order chi connectivity index (χ1) is 17.0. The van der Waals surface area contributed by atoms with Crippen LogP contribution in [0.3, 0.4) is 0 Å². The molecule has 4 rings (SSSR count). The summed E-state index contributed by atoms with van der Waals surface area (Å²) >= 11 is 3.03. The van der Waals surface area contributed by atoms with Gasteiger partial charge in [-0.2, -0.15) is 0 Å². The molecule has 8 nitrogen and oxygen atoms in total. The quantitative estimate of drug-likeness (QED) is 0.576. The summed E-state index contributed by atoms with van der Waals surface area (Å²) in [5.74, 6) is 0.641. The van der Waals surface area contributed by atoms with E-state index in [1.165, 1.54) is 23.5 Å². The average Bonchev–Trinajstić information content (AvgIpc) is 3.34. The predicted molar refractivity (Wildman–Crippen MR) is 149 cm³/mol. The van der Waals surface area contributed by atoms with Gasteiger partial charge in [0.15, 0.2) is 10.3 Å². The molecule has 192 valence electrons. The number of carbonyl (C=O) groups is 2. The molecule has 2 aliphatic rings. The van der Waals surface area contributed by atoms with Crippen molar-refractivity contribution in [3.05, 3.63) is 60.2 Å². The molecule has 36 heavy (non-hydrogen) atoms. The van der Waals surface area contributed by atoms with Crippen molar-refractivity contribution in [2.24, 2.45) is 21.8 Å². The van der Waals surface area contributed by atoms with Gasteiger partial charge in [-0.1, -0.05) is 63.4 Å². The Morgan fingerprint density at radius 1 is 0.778 bits per heavy atom. The zero-order valence-corrected chi connectivity index (χ0v) is 23.2. The van der Waals surface area contributed by atoms with Crippen LogP contribution in [0.1, 0.15) is 52.7 Å². The van der Waals surface area contributed by atoms with Gasteiger partial charge in [0.1, 0.15) is 9.49 Å². The molecule has 2 atom stereocenters. The van der Waals surface area contributed by atoms with Crippen LogP contribution in [0.25, 0.3) is 0 Å². The Labute approximate surface area is 221 Å². The Kier molecular flexibility index (Phi) is 9.30. The van der Waals surface area contributed by atoms with Gasteiger partial charge < -0.3 is 10.6 Å². The normalized spacial score (nSPS) is 25.8. The molecule has 10 heteroatoms. The zero-order valence-electron chi connectivity index (χ0n) is 21.6. The summed E-state index contributed by atoms with van der Waals surface area (Å²) in [6, 6.07) is 7.71. The number of carbonyl (C=O) groups excluding carboxylic acids is 2. The maximum Gasteiger partial charge on any atom is 0.242 e. The Bertz CT molecular complexity index is 1030. The van der Waals surface area contributed by atoms with Crippen molar-refractivity contribution in [2.75, 3.05) is 0 Å². The second-order valence-electron chi connectivity index (χ2n) is 9.60. The summed E-state index contributed by atoms with van der Waals surface area (Å²) < 4.78 is -0.818. The fourth-order valence-electron chi connectivity index (χ4n) is 3.20. The molecule has 2 saturated heterocycles. The highest BCUT2D eigenvalue weighted by molar-refractivity contribution is 8.16. The number of amides is 2. The Balaban J connectivity index is 0.000000201. The third-order valence-electron chi connectivity index (χ3n) is 6.42. The lowest BCUT2D eigenvalue weighted by Gasteiger charge is -2.22. The average molecular weight is 527 g/mol. The fourth-order valence-corrected chi connectivity index (χ4v) is 5.31. The Hall–Kier alpha value is -2.72. The molecular formula is C26H34N6O2S2. The van der Waals surface area contributed by atoms with Crippen LogP contribution >= 0.6 is 23.5 Å². The number of thioether (sulfide) groups is 2. The van der Waals surface area contributed by atoms with Crippen LogP contribution in [0, 0.1) is 11.8 Å². The highest BCUT2D eigenvalue weighted by Gasteiger charge is 2.45.